The Morgan fingerprint density at radius 3 is 2.48 bits per heavy atom. The van der Waals surface area contributed by atoms with E-state index in [0.717, 1.165) is 49.3 Å². The van der Waals surface area contributed by atoms with Gasteiger partial charge in [-0.05, 0) is 31.4 Å². The number of nitrogens with zero attached hydrogens (tertiary/aromatic N) is 3. The maximum Gasteiger partial charge on any atom is 0.271 e. The number of amidine groups is 1. The number of hydrogen-bond donors (Lipinski definition) is 1. The van der Waals surface area contributed by atoms with Gasteiger partial charge in [-0.15, -0.1) is 0 Å². The topological polar surface area (TPSA) is 63.9 Å². The maximum atomic E-state index is 13.1. The lowest BCUT2D eigenvalue weighted by Gasteiger charge is -2.23. The van der Waals surface area contributed by atoms with Crippen LogP contribution in [-0.2, 0) is 15.7 Å². The fourth-order valence-electron chi connectivity index (χ4n) is 4.79. The Kier molecular flexibility index (Phi) is 6.19. The Morgan fingerprint density at radius 1 is 1.03 bits per heavy atom. The van der Waals surface area contributed by atoms with Crippen molar-refractivity contribution in [1.29, 1.82) is 0 Å². The smallest absolute Gasteiger partial charge is 0.271 e. The quantitative estimate of drug-likeness (QED) is 0.697. The molecule has 1 atom stereocenters. The first-order chi connectivity index (χ1) is 14.9. The molecule has 2 aliphatic rings. The largest absolute Gasteiger partial charge is 0.346 e. The molecule has 0 aliphatic carbocycles. The molecule has 0 spiro atoms. The second kappa shape index (κ2) is 8.73. The van der Waals surface area contributed by atoms with Gasteiger partial charge < -0.3 is 5.11 Å². The number of aliphatic hydroxyl groups is 1. The summed E-state index contributed by atoms with van der Waals surface area (Å²) < 4.78 is 29.8. The van der Waals surface area contributed by atoms with Crippen LogP contribution < -0.4 is 4.90 Å². The van der Waals surface area contributed by atoms with Gasteiger partial charge in [-0.1, -0.05) is 50.2 Å². The van der Waals surface area contributed by atoms with Crippen molar-refractivity contribution in [3.8, 4) is 0 Å². The van der Waals surface area contributed by atoms with Crippen LogP contribution in [0.25, 0.3) is 0 Å². The molecule has 0 aromatic heterocycles. The van der Waals surface area contributed by atoms with Gasteiger partial charge >= 0.3 is 0 Å². The highest BCUT2D eigenvalue weighted by atomic mass is 32.2. The fourth-order valence-corrected chi connectivity index (χ4v) is 6.29. The third-order valence-corrected chi connectivity index (χ3v) is 8.48. The van der Waals surface area contributed by atoms with E-state index in [1.54, 1.807) is 18.2 Å². The standard InChI is InChI=1S/C24H32N3O3S/c1-3-25(4-2)31(29,30)22-15-11-14-21(18-22)26-19-24(28,20-12-7-5-8-13-20)27-17-10-6-9-16-23(26)27/h5,7-8,11-15,18,28H,3-4,6,9-10,16-17,19H2,1-2H3/q+1/t24-/m1/s1. The molecular weight excluding hydrogens is 410 g/mol. The maximum absolute atomic E-state index is 13.1. The number of benzene rings is 2. The van der Waals surface area contributed by atoms with Crippen LogP contribution in [0.15, 0.2) is 59.5 Å². The molecule has 166 valence electrons. The Bertz CT molecular complexity index is 1060. The Hall–Kier alpha value is -2.22. The zero-order chi connectivity index (χ0) is 22.1. The Labute approximate surface area is 185 Å². The number of hydrogen-bond acceptors (Lipinski definition) is 4. The van der Waals surface area contributed by atoms with Gasteiger partial charge in [0.25, 0.3) is 11.6 Å². The summed E-state index contributed by atoms with van der Waals surface area (Å²) in [6, 6.07) is 16.9. The molecule has 31 heavy (non-hydrogen) atoms. The van der Waals surface area contributed by atoms with Crippen LogP contribution in [0.4, 0.5) is 5.69 Å². The summed E-state index contributed by atoms with van der Waals surface area (Å²) in [6.45, 7) is 5.74. The molecule has 1 N–H and O–H groups in total. The molecule has 7 heteroatoms. The van der Waals surface area contributed by atoms with E-state index >= 15 is 0 Å². The van der Waals surface area contributed by atoms with Crippen molar-refractivity contribution in [2.45, 2.75) is 50.2 Å². The predicted octanol–water partition coefficient (Wildman–Crippen LogP) is 3.37. The fraction of sp³-hybridized carbons (Fsp3) is 0.458. The van der Waals surface area contributed by atoms with Crippen molar-refractivity contribution < 1.29 is 18.1 Å². The third-order valence-electron chi connectivity index (χ3n) is 6.44. The zero-order valence-corrected chi connectivity index (χ0v) is 19.2. The monoisotopic (exact) mass is 442 g/mol. The van der Waals surface area contributed by atoms with Crippen molar-refractivity contribution in [3.63, 3.8) is 0 Å². The number of sulfonamides is 1. The van der Waals surface area contributed by atoms with Crippen molar-refractivity contribution in [1.82, 2.24) is 4.31 Å². The second-order valence-corrected chi connectivity index (χ2v) is 10.2. The molecule has 6 nitrogen and oxygen atoms in total. The van der Waals surface area contributed by atoms with Gasteiger partial charge in [0.05, 0.1) is 11.4 Å². The summed E-state index contributed by atoms with van der Waals surface area (Å²) in [7, 11) is -3.55. The summed E-state index contributed by atoms with van der Waals surface area (Å²) >= 11 is 0. The van der Waals surface area contributed by atoms with Crippen LogP contribution >= 0.6 is 0 Å². The lowest BCUT2D eigenvalue weighted by molar-refractivity contribution is -0.658. The van der Waals surface area contributed by atoms with E-state index in [-0.39, 0.29) is 0 Å². The molecule has 0 unspecified atom stereocenters. The molecule has 0 bridgehead atoms. The van der Waals surface area contributed by atoms with E-state index in [2.05, 4.69) is 9.48 Å². The summed E-state index contributed by atoms with van der Waals surface area (Å²) in [5.41, 5.74) is 0.542. The highest BCUT2D eigenvalue weighted by Crippen LogP contribution is 2.36. The number of β-amino-alcohol motifs (C(OH)–C–C–N with tert-alkyl or cyclic N) is 1. The van der Waals surface area contributed by atoms with E-state index in [4.69, 9.17) is 0 Å². The summed E-state index contributed by atoms with van der Waals surface area (Å²) in [6.07, 6.45) is 4.07. The molecule has 2 aromatic rings. The van der Waals surface area contributed by atoms with Crippen LogP contribution in [0.2, 0.25) is 0 Å². The van der Waals surface area contributed by atoms with Gasteiger partial charge in [-0.25, -0.2) is 17.9 Å². The van der Waals surface area contributed by atoms with E-state index < -0.39 is 15.7 Å². The van der Waals surface area contributed by atoms with E-state index in [1.807, 2.05) is 50.2 Å². The molecule has 2 aliphatic heterocycles. The van der Waals surface area contributed by atoms with E-state index in [1.165, 1.54) is 4.31 Å². The lowest BCUT2D eigenvalue weighted by atomic mass is 10.0. The van der Waals surface area contributed by atoms with Crippen molar-refractivity contribution in [3.05, 3.63) is 60.2 Å². The minimum atomic E-state index is -3.55. The third kappa shape index (κ3) is 3.90. The molecule has 0 saturated carbocycles. The van der Waals surface area contributed by atoms with E-state index in [0.29, 0.717) is 24.5 Å². The average Bonchev–Trinajstić information content (AvgIpc) is 2.93. The van der Waals surface area contributed by atoms with Crippen LogP contribution in [0.5, 0.6) is 0 Å². The Balaban J connectivity index is 1.78. The van der Waals surface area contributed by atoms with Crippen LogP contribution in [0.1, 0.15) is 45.1 Å². The van der Waals surface area contributed by atoms with Gasteiger partial charge in [0.1, 0.15) is 5.69 Å². The first-order valence-corrected chi connectivity index (χ1v) is 12.6. The SMILES string of the molecule is CCN(CC)S(=O)(=O)c1cccc(N2C[C@@](O)(c3ccccc3)[N+]3=C2CCCCC3)c1. The minimum Gasteiger partial charge on any atom is -0.346 e. The highest BCUT2D eigenvalue weighted by molar-refractivity contribution is 7.89. The molecular formula is C24H32N3O3S+. The average molecular weight is 443 g/mol. The molecule has 0 fully saturated rings. The van der Waals surface area contributed by atoms with Crippen molar-refractivity contribution >= 4 is 21.5 Å². The van der Waals surface area contributed by atoms with Crippen LogP contribution in [0.3, 0.4) is 0 Å². The molecule has 2 aromatic carbocycles. The molecule has 0 radical (unpaired) electrons. The summed E-state index contributed by atoms with van der Waals surface area (Å²) in [5.74, 6) is 1.07. The van der Waals surface area contributed by atoms with E-state index in [9.17, 15) is 13.5 Å². The normalized spacial score (nSPS) is 22.0. The molecule has 4 rings (SSSR count). The van der Waals surface area contributed by atoms with Gasteiger partial charge in [-0.3, -0.25) is 0 Å². The van der Waals surface area contributed by atoms with Crippen LogP contribution in [-0.4, -0.2) is 54.4 Å². The predicted molar refractivity (Wildman–Crippen MR) is 123 cm³/mol. The zero-order valence-electron chi connectivity index (χ0n) is 18.4. The van der Waals surface area contributed by atoms with Crippen molar-refractivity contribution in [2.24, 2.45) is 0 Å². The van der Waals surface area contributed by atoms with Gasteiger partial charge in [0.15, 0.2) is 6.54 Å². The number of anilines is 1. The Morgan fingerprint density at radius 2 is 1.77 bits per heavy atom. The highest BCUT2D eigenvalue weighted by Gasteiger charge is 2.52. The number of rotatable bonds is 6. The summed E-state index contributed by atoms with van der Waals surface area (Å²) in [4.78, 5) is 2.41. The summed E-state index contributed by atoms with van der Waals surface area (Å²) in [5, 5.41) is 11.8. The second-order valence-electron chi connectivity index (χ2n) is 8.23. The molecule has 0 saturated heterocycles. The first kappa shape index (κ1) is 22.0. The molecule has 2 heterocycles. The van der Waals surface area contributed by atoms with Gasteiger partial charge in [0, 0.05) is 31.1 Å². The lowest BCUT2D eigenvalue weighted by Crippen LogP contribution is -2.41. The first-order valence-electron chi connectivity index (χ1n) is 11.2. The van der Waals surface area contributed by atoms with Gasteiger partial charge in [-0.2, -0.15) is 4.31 Å². The van der Waals surface area contributed by atoms with Crippen molar-refractivity contribution in [2.75, 3.05) is 31.1 Å². The van der Waals surface area contributed by atoms with Crippen LogP contribution in [0, 0.1) is 0 Å². The minimum absolute atomic E-state index is 0.296. The molecule has 0 amide bonds. The van der Waals surface area contributed by atoms with Gasteiger partial charge in [0.2, 0.25) is 10.0 Å².